The maximum absolute atomic E-state index is 4.33. The Morgan fingerprint density at radius 3 is 2.53 bits per heavy atom. The van der Waals surface area contributed by atoms with Crippen LogP contribution in [0.25, 0.3) is 0 Å². The van der Waals surface area contributed by atoms with Crippen LogP contribution < -0.4 is 0 Å². The zero-order valence-electron chi connectivity index (χ0n) is 10.7. The highest BCUT2D eigenvalue weighted by Crippen LogP contribution is 2.34. The predicted octanol–water partition coefficient (Wildman–Crippen LogP) is 4.79. The first-order valence-corrected chi connectivity index (χ1v) is 7.37. The van der Waals surface area contributed by atoms with Crippen molar-refractivity contribution < 1.29 is 0 Å². The third-order valence-corrected chi connectivity index (χ3v) is 4.56. The van der Waals surface area contributed by atoms with Gasteiger partial charge in [-0.1, -0.05) is 40.0 Å². The van der Waals surface area contributed by atoms with E-state index in [-0.39, 0.29) is 0 Å². The molecule has 0 N–H and O–H groups in total. The fourth-order valence-electron chi connectivity index (χ4n) is 3.02. The molecule has 90 valence electrons. The van der Waals surface area contributed by atoms with E-state index in [1.807, 2.05) is 0 Å². The summed E-state index contributed by atoms with van der Waals surface area (Å²) in [7, 11) is 0. The summed E-state index contributed by atoms with van der Waals surface area (Å²) in [4.78, 5) is 0. The molecular formula is C14H28S. The Hall–Kier alpha value is 0.350. The van der Waals surface area contributed by atoms with Gasteiger partial charge in [0, 0.05) is 0 Å². The molecule has 0 aromatic heterocycles. The van der Waals surface area contributed by atoms with E-state index in [9.17, 15) is 0 Å². The van der Waals surface area contributed by atoms with Crippen molar-refractivity contribution >= 4 is 12.6 Å². The highest BCUT2D eigenvalue weighted by Gasteiger charge is 2.22. The third kappa shape index (κ3) is 4.80. The molecule has 0 aliphatic heterocycles. The summed E-state index contributed by atoms with van der Waals surface area (Å²) < 4.78 is 0. The summed E-state index contributed by atoms with van der Waals surface area (Å²) in [6, 6.07) is 0. The lowest BCUT2D eigenvalue weighted by Crippen LogP contribution is -2.19. The third-order valence-electron chi connectivity index (χ3n) is 4.31. The van der Waals surface area contributed by atoms with Crippen LogP contribution in [0.5, 0.6) is 0 Å². The molecule has 4 unspecified atom stereocenters. The fourth-order valence-corrected chi connectivity index (χ4v) is 3.43. The summed E-state index contributed by atoms with van der Waals surface area (Å²) in [5.41, 5.74) is 0. The average Bonchev–Trinajstić information content (AvgIpc) is 2.18. The van der Waals surface area contributed by atoms with E-state index >= 15 is 0 Å². The summed E-state index contributed by atoms with van der Waals surface area (Å²) >= 11 is 4.33. The van der Waals surface area contributed by atoms with Crippen LogP contribution in [0.15, 0.2) is 0 Å². The second kappa shape index (κ2) is 6.83. The molecule has 0 aromatic carbocycles. The normalized spacial score (nSPS) is 31.2. The predicted molar refractivity (Wildman–Crippen MR) is 72.5 cm³/mol. The molecule has 1 aliphatic rings. The summed E-state index contributed by atoms with van der Waals surface area (Å²) in [6.07, 6.45) is 8.66. The number of rotatable bonds is 5. The van der Waals surface area contributed by atoms with Gasteiger partial charge < -0.3 is 0 Å². The second-order valence-electron chi connectivity index (χ2n) is 5.84. The lowest BCUT2D eigenvalue weighted by Gasteiger charge is -2.30. The Morgan fingerprint density at radius 2 is 1.93 bits per heavy atom. The minimum atomic E-state index is 0.861. The highest BCUT2D eigenvalue weighted by atomic mass is 32.1. The minimum Gasteiger partial charge on any atom is -0.179 e. The van der Waals surface area contributed by atoms with Crippen LogP contribution in [0.1, 0.15) is 59.3 Å². The lowest BCUT2D eigenvalue weighted by atomic mass is 9.76. The van der Waals surface area contributed by atoms with Crippen LogP contribution in [0.4, 0.5) is 0 Å². The van der Waals surface area contributed by atoms with Crippen LogP contribution in [0, 0.1) is 23.7 Å². The molecule has 1 fully saturated rings. The van der Waals surface area contributed by atoms with E-state index in [1.54, 1.807) is 0 Å². The van der Waals surface area contributed by atoms with E-state index < -0.39 is 0 Å². The molecule has 0 nitrogen and oxygen atoms in total. The molecule has 4 atom stereocenters. The quantitative estimate of drug-likeness (QED) is 0.642. The van der Waals surface area contributed by atoms with Gasteiger partial charge in [-0.2, -0.15) is 12.6 Å². The average molecular weight is 228 g/mol. The highest BCUT2D eigenvalue weighted by molar-refractivity contribution is 7.80. The molecule has 0 radical (unpaired) electrons. The van der Waals surface area contributed by atoms with Gasteiger partial charge in [0.1, 0.15) is 0 Å². The number of hydrogen-bond acceptors (Lipinski definition) is 1. The smallest absolute Gasteiger partial charge is 0.00953 e. The summed E-state index contributed by atoms with van der Waals surface area (Å²) in [5, 5.41) is 0. The first-order chi connectivity index (χ1) is 7.13. The van der Waals surface area contributed by atoms with Crippen LogP contribution >= 0.6 is 12.6 Å². The number of hydrogen-bond donors (Lipinski definition) is 1. The standard InChI is InChI=1S/C14H28S/c1-11-5-4-6-14(9-11)10-13(3)12(2)7-8-15/h11-15H,4-10H2,1-3H3. The molecule has 1 aliphatic carbocycles. The zero-order valence-corrected chi connectivity index (χ0v) is 11.6. The molecule has 0 bridgehead atoms. The van der Waals surface area contributed by atoms with Crippen LogP contribution in [-0.2, 0) is 0 Å². The molecule has 0 amide bonds. The maximum Gasteiger partial charge on any atom is -0.00953 e. The van der Waals surface area contributed by atoms with E-state index in [0.29, 0.717) is 0 Å². The van der Waals surface area contributed by atoms with Gasteiger partial charge in [0.15, 0.2) is 0 Å². The first kappa shape index (κ1) is 13.4. The second-order valence-corrected chi connectivity index (χ2v) is 6.29. The van der Waals surface area contributed by atoms with Crippen molar-refractivity contribution in [2.24, 2.45) is 23.7 Å². The summed E-state index contributed by atoms with van der Waals surface area (Å²) in [5.74, 6) is 4.81. The largest absolute Gasteiger partial charge is 0.179 e. The van der Waals surface area contributed by atoms with E-state index in [1.165, 1.54) is 38.5 Å². The Bertz CT molecular complexity index is 167. The van der Waals surface area contributed by atoms with Gasteiger partial charge in [0.05, 0.1) is 0 Å². The number of thiol groups is 1. The van der Waals surface area contributed by atoms with Crippen molar-refractivity contribution in [2.45, 2.75) is 59.3 Å². The fraction of sp³-hybridized carbons (Fsp3) is 1.00. The Balaban J connectivity index is 2.26. The Morgan fingerprint density at radius 1 is 1.20 bits per heavy atom. The lowest BCUT2D eigenvalue weighted by molar-refractivity contribution is 0.215. The van der Waals surface area contributed by atoms with Crippen molar-refractivity contribution in [1.82, 2.24) is 0 Å². The Kier molecular flexibility index (Phi) is 6.11. The zero-order chi connectivity index (χ0) is 11.3. The van der Waals surface area contributed by atoms with E-state index in [4.69, 9.17) is 0 Å². The minimum absolute atomic E-state index is 0.861. The van der Waals surface area contributed by atoms with Gasteiger partial charge in [0.2, 0.25) is 0 Å². The van der Waals surface area contributed by atoms with Crippen LogP contribution in [0.2, 0.25) is 0 Å². The monoisotopic (exact) mass is 228 g/mol. The molecule has 1 rings (SSSR count). The van der Waals surface area contributed by atoms with E-state index in [2.05, 4.69) is 33.4 Å². The molecular weight excluding hydrogens is 200 g/mol. The van der Waals surface area contributed by atoms with Gasteiger partial charge in [-0.25, -0.2) is 0 Å². The molecule has 15 heavy (non-hydrogen) atoms. The van der Waals surface area contributed by atoms with Crippen molar-refractivity contribution in [2.75, 3.05) is 5.75 Å². The molecule has 0 spiro atoms. The van der Waals surface area contributed by atoms with E-state index in [0.717, 1.165) is 29.4 Å². The van der Waals surface area contributed by atoms with Gasteiger partial charge >= 0.3 is 0 Å². The molecule has 1 heteroatoms. The maximum atomic E-state index is 4.33. The molecule has 0 heterocycles. The van der Waals surface area contributed by atoms with Gasteiger partial charge in [-0.15, -0.1) is 0 Å². The van der Waals surface area contributed by atoms with Gasteiger partial charge in [-0.3, -0.25) is 0 Å². The van der Waals surface area contributed by atoms with Crippen molar-refractivity contribution in [3.05, 3.63) is 0 Å². The molecule has 0 saturated heterocycles. The SMILES string of the molecule is CC1CCCC(CC(C)C(C)CCS)C1. The van der Waals surface area contributed by atoms with Crippen molar-refractivity contribution in [3.63, 3.8) is 0 Å². The van der Waals surface area contributed by atoms with Crippen LogP contribution in [-0.4, -0.2) is 5.75 Å². The summed E-state index contributed by atoms with van der Waals surface area (Å²) in [6.45, 7) is 7.26. The first-order valence-electron chi connectivity index (χ1n) is 6.74. The molecule has 1 saturated carbocycles. The van der Waals surface area contributed by atoms with Crippen LogP contribution in [0.3, 0.4) is 0 Å². The van der Waals surface area contributed by atoms with Crippen molar-refractivity contribution in [3.8, 4) is 0 Å². The topological polar surface area (TPSA) is 0 Å². The van der Waals surface area contributed by atoms with Gasteiger partial charge in [0.25, 0.3) is 0 Å². The molecule has 0 aromatic rings. The van der Waals surface area contributed by atoms with Crippen molar-refractivity contribution in [1.29, 1.82) is 0 Å². The van der Waals surface area contributed by atoms with Gasteiger partial charge in [-0.05, 0) is 48.7 Å². The Labute approximate surface area is 102 Å².